The number of aromatic nitrogens is 2. The number of carbonyl (C=O) groups is 1. The van der Waals surface area contributed by atoms with Crippen molar-refractivity contribution in [1.29, 1.82) is 0 Å². The second kappa shape index (κ2) is 9.94. The minimum absolute atomic E-state index is 0.0975. The fraction of sp³-hybridized carbons (Fsp3) is 0.500. The molecular formula is C22H28Cl2N4O2. The molecule has 0 saturated carbocycles. The van der Waals surface area contributed by atoms with Gasteiger partial charge in [-0.1, -0.05) is 50.0 Å². The third-order valence-corrected chi connectivity index (χ3v) is 6.11. The Kier molecular flexibility index (Phi) is 7.55. The molecule has 2 heterocycles. The van der Waals surface area contributed by atoms with Crippen molar-refractivity contribution in [2.45, 2.75) is 46.2 Å². The molecule has 2 aromatic rings. The standard InChI is InChI=1S/C22H28Cl2N4O2/c1-13(2)21(15-4-5-17(23)18(24)9-15)27-22(30)28-7-6-16-10-25-20(8-14(3)12-29)26-19(16)11-28/h4-5,9-10,13-14,21,29H,6-8,11-12H2,1-3H3,(H,27,30)/t14-,21?/m1/s1. The molecule has 8 heteroatoms. The van der Waals surface area contributed by atoms with E-state index in [9.17, 15) is 9.90 Å². The van der Waals surface area contributed by atoms with E-state index in [1.165, 1.54) is 0 Å². The number of urea groups is 1. The van der Waals surface area contributed by atoms with E-state index in [0.717, 1.165) is 23.2 Å². The number of hydrogen-bond donors (Lipinski definition) is 2. The number of hydrogen-bond acceptors (Lipinski definition) is 4. The van der Waals surface area contributed by atoms with Crippen LogP contribution in [0.4, 0.5) is 4.79 Å². The van der Waals surface area contributed by atoms with Crippen LogP contribution in [0.3, 0.4) is 0 Å². The average molecular weight is 451 g/mol. The Morgan fingerprint density at radius 1 is 1.27 bits per heavy atom. The first kappa shape index (κ1) is 22.8. The summed E-state index contributed by atoms with van der Waals surface area (Å²) < 4.78 is 0. The van der Waals surface area contributed by atoms with Crippen LogP contribution in [0.25, 0.3) is 0 Å². The highest BCUT2D eigenvalue weighted by Gasteiger charge is 2.26. The Labute approximate surface area is 187 Å². The van der Waals surface area contributed by atoms with Crippen LogP contribution >= 0.6 is 23.2 Å². The van der Waals surface area contributed by atoms with Crippen LogP contribution < -0.4 is 5.32 Å². The van der Waals surface area contributed by atoms with Crippen LogP contribution in [0.15, 0.2) is 24.4 Å². The molecule has 30 heavy (non-hydrogen) atoms. The molecule has 0 saturated heterocycles. The average Bonchev–Trinajstić information content (AvgIpc) is 2.73. The van der Waals surface area contributed by atoms with Gasteiger partial charge in [0.25, 0.3) is 0 Å². The van der Waals surface area contributed by atoms with Crippen molar-refractivity contribution in [3.05, 3.63) is 57.1 Å². The van der Waals surface area contributed by atoms with Gasteiger partial charge in [0.1, 0.15) is 5.82 Å². The van der Waals surface area contributed by atoms with Crippen molar-refractivity contribution < 1.29 is 9.90 Å². The van der Waals surface area contributed by atoms with E-state index in [2.05, 4.69) is 29.1 Å². The van der Waals surface area contributed by atoms with Crippen LogP contribution in [-0.4, -0.2) is 39.2 Å². The molecule has 0 fully saturated rings. The van der Waals surface area contributed by atoms with Gasteiger partial charge in [0, 0.05) is 25.8 Å². The maximum Gasteiger partial charge on any atom is 0.318 e. The highest BCUT2D eigenvalue weighted by atomic mass is 35.5. The minimum atomic E-state index is -0.181. The number of nitrogens with zero attached hydrogens (tertiary/aromatic N) is 3. The first-order valence-corrected chi connectivity index (χ1v) is 11.0. The topological polar surface area (TPSA) is 78.4 Å². The van der Waals surface area contributed by atoms with E-state index in [1.807, 2.05) is 25.3 Å². The third kappa shape index (κ3) is 5.42. The first-order valence-electron chi connectivity index (χ1n) is 10.2. The van der Waals surface area contributed by atoms with Gasteiger partial charge >= 0.3 is 6.03 Å². The maximum atomic E-state index is 13.0. The van der Waals surface area contributed by atoms with Crippen molar-refractivity contribution in [2.75, 3.05) is 13.2 Å². The number of carbonyl (C=O) groups excluding carboxylic acids is 1. The van der Waals surface area contributed by atoms with Gasteiger partial charge in [0.05, 0.1) is 28.3 Å². The Morgan fingerprint density at radius 2 is 2.03 bits per heavy atom. The number of halogens is 2. The smallest absolute Gasteiger partial charge is 0.318 e. The number of fused-ring (bicyclic) bond motifs is 1. The lowest BCUT2D eigenvalue weighted by atomic mass is 9.96. The fourth-order valence-electron chi connectivity index (χ4n) is 3.56. The molecular weight excluding hydrogens is 423 g/mol. The number of benzene rings is 1. The summed E-state index contributed by atoms with van der Waals surface area (Å²) in [4.78, 5) is 23.9. The molecule has 0 radical (unpaired) electrons. The van der Waals surface area contributed by atoms with Crippen molar-refractivity contribution in [1.82, 2.24) is 20.2 Å². The summed E-state index contributed by atoms with van der Waals surface area (Å²) in [7, 11) is 0. The van der Waals surface area contributed by atoms with Gasteiger partial charge in [-0.3, -0.25) is 0 Å². The fourth-order valence-corrected chi connectivity index (χ4v) is 3.86. The van der Waals surface area contributed by atoms with Crippen LogP contribution in [-0.2, 0) is 19.4 Å². The number of aliphatic hydroxyl groups excluding tert-OH is 1. The van der Waals surface area contributed by atoms with Gasteiger partial charge in [-0.15, -0.1) is 0 Å². The van der Waals surface area contributed by atoms with E-state index in [4.69, 9.17) is 23.2 Å². The second-order valence-corrected chi connectivity index (χ2v) is 9.08. The molecule has 1 aliphatic heterocycles. The lowest BCUT2D eigenvalue weighted by molar-refractivity contribution is 0.183. The molecule has 1 aromatic carbocycles. The SMILES string of the molecule is CC(C)C(NC(=O)N1CCc2cnc(C[C@@H](C)CO)nc2C1)c1ccc(Cl)c(Cl)c1. The van der Waals surface area contributed by atoms with Crippen LogP contribution in [0, 0.1) is 11.8 Å². The molecule has 2 N–H and O–H groups in total. The first-order chi connectivity index (χ1) is 14.3. The summed E-state index contributed by atoms with van der Waals surface area (Å²) in [6.07, 6.45) is 3.18. The Bertz CT molecular complexity index is 907. The van der Waals surface area contributed by atoms with Gasteiger partial charge in [0.2, 0.25) is 0 Å². The molecule has 162 valence electrons. The summed E-state index contributed by atoms with van der Waals surface area (Å²) in [5.41, 5.74) is 2.87. The third-order valence-electron chi connectivity index (χ3n) is 5.37. The molecule has 2 amide bonds. The maximum absolute atomic E-state index is 13.0. The summed E-state index contributed by atoms with van der Waals surface area (Å²) >= 11 is 12.2. The van der Waals surface area contributed by atoms with Crippen LogP contribution in [0.2, 0.25) is 10.0 Å². The van der Waals surface area contributed by atoms with Gasteiger partial charge in [0.15, 0.2) is 0 Å². The molecule has 3 rings (SSSR count). The predicted octanol–water partition coefficient (Wildman–Crippen LogP) is 4.42. The Balaban J connectivity index is 1.72. The van der Waals surface area contributed by atoms with Crippen molar-refractivity contribution in [3.63, 3.8) is 0 Å². The largest absolute Gasteiger partial charge is 0.396 e. The highest BCUT2D eigenvalue weighted by Crippen LogP contribution is 2.29. The molecule has 6 nitrogen and oxygen atoms in total. The number of nitrogens with one attached hydrogen (secondary N) is 1. The van der Waals surface area contributed by atoms with E-state index >= 15 is 0 Å². The van der Waals surface area contributed by atoms with Crippen molar-refractivity contribution in [2.24, 2.45) is 11.8 Å². The summed E-state index contributed by atoms with van der Waals surface area (Å²) in [6.45, 7) is 7.22. The molecule has 2 atom stereocenters. The predicted molar refractivity (Wildman–Crippen MR) is 119 cm³/mol. The summed E-state index contributed by atoms with van der Waals surface area (Å²) in [5, 5.41) is 13.4. The molecule has 0 bridgehead atoms. The van der Waals surface area contributed by atoms with Gasteiger partial charge < -0.3 is 15.3 Å². The molecule has 0 aliphatic carbocycles. The Hall–Kier alpha value is -1.89. The van der Waals surface area contributed by atoms with E-state index in [1.54, 1.807) is 11.0 Å². The molecule has 1 aliphatic rings. The number of rotatable bonds is 6. The van der Waals surface area contributed by atoms with E-state index < -0.39 is 0 Å². The lowest BCUT2D eigenvalue weighted by Crippen LogP contribution is -2.45. The van der Waals surface area contributed by atoms with E-state index in [-0.39, 0.29) is 30.5 Å². The molecule has 0 spiro atoms. The Morgan fingerprint density at radius 3 is 2.70 bits per heavy atom. The summed E-state index contributed by atoms with van der Waals surface area (Å²) in [5.74, 6) is 0.981. The number of amides is 2. The molecule has 1 aromatic heterocycles. The lowest BCUT2D eigenvalue weighted by Gasteiger charge is -2.31. The quantitative estimate of drug-likeness (QED) is 0.682. The van der Waals surface area contributed by atoms with Crippen LogP contribution in [0.5, 0.6) is 0 Å². The normalized spacial score (nSPS) is 15.6. The number of aliphatic hydroxyl groups is 1. The van der Waals surface area contributed by atoms with Crippen molar-refractivity contribution >= 4 is 29.2 Å². The van der Waals surface area contributed by atoms with E-state index in [0.29, 0.717) is 35.4 Å². The zero-order chi connectivity index (χ0) is 21.8. The van der Waals surface area contributed by atoms with Crippen molar-refractivity contribution in [3.8, 4) is 0 Å². The van der Waals surface area contributed by atoms with Gasteiger partial charge in [-0.25, -0.2) is 14.8 Å². The van der Waals surface area contributed by atoms with Gasteiger partial charge in [-0.05, 0) is 41.5 Å². The molecule has 1 unspecified atom stereocenters. The minimum Gasteiger partial charge on any atom is -0.396 e. The zero-order valence-electron chi connectivity index (χ0n) is 17.5. The highest BCUT2D eigenvalue weighted by molar-refractivity contribution is 6.42. The zero-order valence-corrected chi connectivity index (χ0v) is 19.0. The summed E-state index contributed by atoms with van der Waals surface area (Å²) in [6, 6.07) is 5.15. The second-order valence-electron chi connectivity index (χ2n) is 8.27. The van der Waals surface area contributed by atoms with Crippen LogP contribution in [0.1, 0.15) is 49.5 Å². The monoisotopic (exact) mass is 450 g/mol. The van der Waals surface area contributed by atoms with Gasteiger partial charge in [-0.2, -0.15) is 0 Å².